The van der Waals surface area contributed by atoms with Crippen molar-refractivity contribution in [3.63, 3.8) is 0 Å². The number of unbranched alkanes of at least 4 members (excludes halogenated alkanes) is 1. The van der Waals surface area contributed by atoms with Crippen LogP contribution in [-0.2, 0) is 4.79 Å². The third kappa shape index (κ3) is 5.85. The fourth-order valence-corrected chi connectivity index (χ4v) is 2.65. The van der Waals surface area contributed by atoms with Gasteiger partial charge in [0.15, 0.2) is 0 Å². The average Bonchev–Trinajstić information content (AvgIpc) is 2.17. The summed E-state index contributed by atoms with van der Waals surface area (Å²) in [5, 5.41) is 8.45. The first-order valence-electron chi connectivity index (χ1n) is 4.78. The van der Waals surface area contributed by atoms with Crippen LogP contribution in [0.15, 0.2) is 33.6 Å². The summed E-state index contributed by atoms with van der Waals surface area (Å²) in [6.07, 6.45) is 1.98. The smallest absolute Gasteiger partial charge is 0.303 e. The van der Waals surface area contributed by atoms with Crippen LogP contribution in [0, 0.1) is 0 Å². The highest BCUT2D eigenvalue weighted by Gasteiger charge is 1.98. The van der Waals surface area contributed by atoms with Crippen molar-refractivity contribution < 1.29 is 9.90 Å². The Labute approximate surface area is 102 Å². The van der Waals surface area contributed by atoms with Crippen LogP contribution in [0.5, 0.6) is 0 Å². The van der Waals surface area contributed by atoms with Gasteiger partial charge in [-0.25, -0.2) is 0 Å². The molecule has 1 aromatic carbocycles. The quantitative estimate of drug-likeness (QED) is 0.639. The monoisotopic (exact) mass is 288 g/mol. The van der Waals surface area contributed by atoms with Crippen LogP contribution >= 0.6 is 27.7 Å². The van der Waals surface area contributed by atoms with Gasteiger partial charge in [-0.15, -0.1) is 11.8 Å². The summed E-state index contributed by atoms with van der Waals surface area (Å²) in [5.74, 6) is 0.270. The van der Waals surface area contributed by atoms with Gasteiger partial charge < -0.3 is 5.11 Å². The molecular weight excluding hydrogens is 276 g/mol. The first-order valence-corrected chi connectivity index (χ1v) is 6.56. The molecule has 0 radical (unpaired) electrons. The van der Waals surface area contributed by atoms with E-state index in [4.69, 9.17) is 5.11 Å². The number of hydrogen-bond acceptors (Lipinski definition) is 2. The molecule has 0 amide bonds. The van der Waals surface area contributed by atoms with Crippen molar-refractivity contribution in [2.75, 3.05) is 5.75 Å². The molecule has 4 heteroatoms. The molecule has 0 aliphatic carbocycles. The highest BCUT2D eigenvalue weighted by atomic mass is 79.9. The number of benzene rings is 1. The zero-order valence-electron chi connectivity index (χ0n) is 8.28. The summed E-state index contributed by atoms with van der Waals surface area (Å²) in [5.41, 5.74) is 0. The fourth-order valence-electron chi connectivity index (χ4n) is 1.13. The molecule has 15 heavy (non-hydrogen) atoms. The van der Waals surface area contributed by atoms with Crippen molar-refractivity contribution in [3.8, 4) is 0 Å². The number of carboxylic acid groups (broad SMARTS) is 1. The maximum Gasteiger partial charge on any atom is 0.303 e. The van der Waals surface area contributed by atoms with E-state index < -0.39 is 5.97 Å². The molecule has 0 aliphatic heterocycles. The summed E-state index contributed by atoms with van der Waals surface area (Å²) < 4.78 is 1.08. The lowest BCUT2D eigenvalue weighted by atomic mass is 10.2. The molecule has 82 valence electrons. The highest BCUT2D eigenvalue weighted by Crippen LogP contribution is 2.22. The number of carboxylic acids is 1. The maximum absolute atomic E-state index is 10.3. The Balaban J connectivity index is 2.17. The normalized spacial score (nSPS) is 10.2. The molecule has 0 bridgehead atoms. The summed E-state index contributed by atoms with van der Waals surface area (Å²) in [4.78, 5) is 11.5. The van der Waals surface area contributed by atoms with E-state index in [1.165, 1.54) is 4.90 Å². The second-order valence-corrected chi connectivity index (χ2v) is 5.24. The number of aliphatic carboxylic acids is 1. The van der Waals surface area contributed by atoms with Gasteiger partial charge in [-0.2, -0.15) is 0 Å². The molecule has 0 aliphatic rings. The predicted molar refractivity (Wildman–Crippen MR) is 66.4 cm³/mol. The Bertz CT molecular complexity index is 328. The van der Waals surface area contributed by atoms with Crippen molar-refractivity contribution in [1.29, 1.82) is 0 Å². The van der Waals surface area contributed by atoms with Gasteiger partial charge in [0.05, 0.1) is 0 Å². The van der Waals surface area contributed by atoms with Crippen LogP contribution < -0.4 is 0 Å². The Morgan fingerprint density at radius 3 is 2.87 bits per heavy atom. The molecule has 0 saturated carbocycles. The van der Waals surface area contributed by atoms with Crippen LogP contribution in [0.1, 0.15) is 19.3 Å². The standard InChI is InChI=1S/C11H13BrO2S/c12-9-4-3-5-10(8-9)15-7-2-1-6-11(13)14/h3-5,8H,1-2,6-7H2,(H,13,14). The lowest BCUT2D eigenvalue weighted by molar-refractivity contribution is -0.137. The van der Waals surface area contributed by atoms with E-state index in [2.05, 4.69) is 28.1 Å². The molecule has 1 aromatic rings. The van der Waals surface area contributed by atoms with Gasteiger partial charge in [0, 0.05) is 15.8 Å². The minimum Gasteiger partial charge on any atom is -0.481 e. The Morgan fingerprint density at radius 1 is 1.40 bits per heavy atom. The minimum absolute atomic E-state index is 0.277. The zero-order chi connectivity index (χ0) is 11.1. The molecule has 1 rings (SSSR count). The maximum atomic E-state index is 10.3. The number of hydrogen-bond donors (Lipinski definition) is 1. The van der Waals surface area contributed by atoms with Gasteiger partial charge >= 0.3 is 5.97 Å². The van der Waals surface area contributed by atoms with E-state index in [0.29, 0.717) is 0 Å². The van der Waals surface area contributed by atoms with Crippen LogP contribution in [0.25, 0.3) is 0 Å². The first-order chi connectivity index (χ1) is 7.18. The zero-order valence-corrected chi connectivity index (χ0v) is 10.7. The molecule has 0 atom stereocenters. The second-order valence-electron chi connectivity index (χ2n) is 3.16. The van der Waals surface area contributed by atoms with E-state index >= 15 is 0 Å². The summed E-state index contributed by atoms with van der Waals surface area (Å²) in [6.45, 7) is 0. The van der Waals surface area contributed by atoms with Crippen LogP contribution in [0.4, 0.5) is 0 Å². The summed E-state index contributed by atoms with van der Waals surface area (Å²) >= 11 is 5.18. The van der Waals surface area contributed by atoms with Crippen molar-refractivity contribution in [3.05, 3.63) is 28.7 Å². The molecule has 0 aromatic heterocycles. The summed E-state index contributed by atoms with van der Waals surface area (Å²) in [7, 11) is 0. The van der Waals surface area contributed by atoms with Crippen LogP contribution in [0.3, 0.4) is 0 Å². The van der Waals surface area contributed by atoms with E-state index in [9.17, 15) is 4.79 Å². The SMILES string of the molecule is O=C(O)CCCCSc1cccc(Br)c1. The number of thioether (sulfide) groups is 1. The van der Waals surface area contributed by atoms with Crippen LogP contribution in [0.2, 0.25) is 0 Å². The van der Waals surface area contributed by atoms with E-state index in [0.717, 1.165) is 23.1 Å². The lowest BCUT2D eigenvalue weighted by Crippen LogP contribution is -1.94. The first kappa shape index (κ1) is 12.6. The second kappa shape index (κ2) is 6.90. The minimum atomic E-state index is -0.706. The van der Waals surface area contributed by atoms with Crippen molar-refractivity contribution in [2.24, 2.45) is 0 Å². The van der Waals surface area contributed by atoms with Gasteiger partial charge in [-0.05, 0) is 36.8 Å². The molecule has 0 heterocycles. The average molecular weight is 289 g/mol. The van der Waals surface area contributed by atoms with Gasteiger partial charge in [0.2, 0.25) is 0 Å². The van der Waals surface area contributed by atoms with Gasteiger partial charge in [-0.1, -0.05) is 22.0 Å². The molecule has 0 saturated heterocycles. The van der Waals surface area contributed by atoms with Crippen LogP contribution in [-0.4, -0.2) is 16.8 Å². The fraction of sp³-hybridized carbons (Fsp3) is 0.364. The Hall–Kier alpha value is -0.480. The van der Waals surface area contributed by atoms with Gasteiger partial charge in [0.25, 0.3) is 0 Å². The molecular formula is C11H13BrO2S. The lowest BCUT2D eigenvalue weighted by Gasteiger charge is -2.01. The Morgan fingerprint density at radius 2 is 2.20 bits per heavy atom. The molecule has 1 N–H and O–H groups in total. The third-order valence-electron chi connectivity index (χ3n) is 1.85. The Kier molecular flexibility index (Phi) is 5.79. The van der Waals surface area contributed by atoms with E-state index in [1.54, 1.807) is 11.8 Å². The topological polar surface area (TPSA) is 37.3 Å². The van der Waals surface area contributed by atoms with Gasteiger partial charge in [-0.3, -0.25) is 4.79 Å². The summed E-state index contributed by atoms with van der Waals surface area (Å²) in [6, 6.07) is 8.13. The molecule has 0 spiro atoms. The molecule has 0 fully saturated rings. The van der Waals surface area contributed by atoms with E-state index in [1.807, 2.05) is 12.1 Å². The van der Waals surface area contributed by atoms with E-state index in [-0.39, 0.29) is 6.42 Å². The van der Waals surface area contributed by atoms with Gasteiger partial charge in [0.1, 0.15) is 0 Å². The molecule has 0 unspecified atom stereocenters. The predicted octanol–water partition coefficient (Wildman–Crippen LogP) is 3.80. The highest BCUT2D eigenvalue weighted by molar-refractivity contribution is 9.10. The number of carbonyl (C=O) groups is 1. The van der Waals surface area contributed by atoms with Crippen molar-refractivity contribution >= 4 is 33.7 Å². The molecule has 2 nitrogen and oxygen atoms in total. The van der Waals surface area contributed by atoms with Crippen molar-refractivity contribution in [1.82, 2.24) is 0 Å². The number of rotatable bonds is 6. The third-order valence-corrected chi connectivity index (χ3v) is 3.42. The largest absolute Gasteiger partial charge is 0.481 e. The number of halogens is 1. The van der Waals surface area contributed by atoms with Crippen molar-refractivity contribution in [2.45, 2.75) is 24.2 Å².